The van der Waals surface area contributed by atoms with E-state index < -0.39 is 17.4 Å². The minimum Gasteiger partial charge on any atom is -0.480 e. The van der Waals surface area contributed by atoms with Crippen molar-refractivity contribution in [3.05, 3.63) is 33.3 Å². The van der Waals surface area contributed by atoms with Gasteiger partial charge in [0.05, 0.1) is 10.6 Å². The van der Waals surface area contributed by atoms with Gasteiger partial charge in [-0.2, -0.15) is 0 Å². The van der Waals surface area contributed by atoms with Crippen molar-refractivity contribution in [2.24, 2.45) is 0 Å². The molecule has 2 rings (SSSR count). The zero-order valence-corrected chi connectivity index (χ0v) is 13.8. The van der Waals surface area contributed by atoms with E-state index in [1.165, 1.54) is 0 Å². The van der Waals surface area contributed by atoms with Crippen LogP contribution in [0.1, 0.15) is 48.9 Å². The van der Waals surface area contributed by atoms with E-state index in [0.717, 1.165) is 30.2 Å². The smallest absolute Gasteiger partial charge is 0.329 e. The Labute approximate surface area is 137 Å². The first kappa shape index (κ1) is 16.3. The van der Waals surface area contributed by atoms with Crippen molar-refractivity contribution in [1.82, 2.24) is 5.32 Å². The van der Waals surface area contributed by atoms with Gasteiger partial charge < -0.3 is 10.4 Å². The largest absolute Gasteiger partial charge is 0.480 e. The first-order valence-electron chi connectivity index (χ1n) is 6.95. The summed E-state index contributed by atoms with van der Waals surface area (Å²) < 4.78 is 0.724. The molecule has 0 spiro atoms. The second kappa shape index (κ2) is 6.79. The number of hydrogen-bond donors (Lipinski definition) is 2. The summed E-state index contributed by atoms with van der Waals surface area (Å²) >= 11 is 9.33. The van der Waals surface area contributed by atoms with Crippen molar-refractivity contribution in [2.75, 3.05) is 0 Å². The molecule has 1 amide bonds. The Morgan fingerprint density at radius 2 is 1.81 bits per heavy atom. The Bertz CT molecular complexity index is 554. The molecule has 0 radical (unpaired) electrons. The maximum atomic E-state index is 12.4. The van der Waals surface area contributed by atoms with Gasteiger partial charge >= 0.3 is 5.97 Å². The zero-order valence-electron chi connectivity index (χ0n) is 11.5. The number of carboxylic acids is 1. The van der Waals surface area contributed by atoms with Crippen molar-refractivity contribution in [3.8, 4) is 0 Å². The van der Waals surface area contributed by atoms with Gasteiger partial charge in [0, 0.05) is 4.47 Å². The molecule has 1 saturated carbocycles. The fourth-order valence-electron chi connectivity index (χ4n) is 2.68. The van der Waals surface area contributed by atoms with Crippen LogP contribution in [0.4, 0.5) is 0 Å². The van der Waals surface area contributed by atoms with Crippen LogP contribution in [0.5, 0.6) is 0 Å². The quantitative estimate of drug-likeness (QED) is 0.786. The highest BCUT2D eigenvalue weighted by Gasteiger charge is 2.40. The number of hydrogen-bond acceptors (Lipinski definition) is 2. The molecule has 21 heavy (non-hydrogen) atoms. The van der Waals surface area contributed by atoms with E-state index >= 15 is 0 Å². The summed E-state index contributed by atoms with van der Waals surface area (Å²) in [5.74, 6) is -1.41. The van der Waals surface area contributed by atoms with Crippen LogP contribution < -0.4 is 5.32 Å². The lowest BCUT2D eigenvalue weighted by Gasteiger charge is -2.29. The van der Waals surface area contributed by atoms with Gasteiger partial charge in [-0.25, -0.2) is 4.79 Å². The number of benzene rings is 1. The van der Waals surface area contributed by atoms with E-state index in [9.17, 15) is 14.7 Å². The molecule has 1 fully saturated rings. The minimum atomic E-state index is -1.18. The Hall–Kier alpha value is -1.07. The molecule has 1 aliphatic rings. The van der Waals surface area contributed by atoms with Gasteiger partial charge in [-0.3, -0.25) is 4.79 Å². The van der Waals surface area contributed by atoms with Crippen LogP contribution >= 0.6 is 27.5 Å². The molecule has 0 aromatic heterocycles. The van der Waals surface area contributed by atoms with E-state index in [2.05, 4.69) is 21.2 Å². The first-order chi connectivity index (χ1) is 9.94. The lowest BCUT2D eigenvalue weighted by molar-refractivity contribution is -0.145. The second-order valence-corrected chi connectivity index (χ2v) is 6.70. The minimum absolute atomic E-state index is 0.288. The molecule has 0 bridgehead atoms. The number of carbonyl (C=O) groups excluding carboxylic acids is 1. The fourth-order valence-corrected chi connectivity index (χ4v) is 3.25. The van der Waals surface area contributed by atoms with Crippen LogP contribution in [0.15, 0.2) is 22.7 Å². The Morgan fingerprint density at radius 3 is 2.38 bits per heavy atom. The Morgan fingerprint density at radius 1 is 1.19 bits per heavy atom. The van der Waals surface area contributed by atoms with Crippen LogP contribution in [0, 0.1) is 0 Å². The maximum Gasteiger partial charge on any atom is 0.329 e. The molecule has 0 heterocycles. The second-order valence-electron chi connectivity index (χ2n) is 5.38. The molecule has 0 unspecified atom stereocenters. The van der Waals surface area contributed by atoms with E-state index in [4.69, 9.17) is 11.6 Å². The van der Waals surface area contributed by atoms with E-state index in [0.29, 0.717) is 17.9 Å². The summed E-state index contributed by atoms with van der Waals surface area (Å²) in [6.07, 6.45) is 4.53. The molecular weight excluding hydrogens is 358 g/mol. The summed E-state index contributed by atoms with van der Waals surface area (Å²) in [5, 5.41) is 12.6. The Balaban J connectivity index is 2.26. The standard InChI is InChI=1S/C15H17BrClNO3/c16-10-5-6-12(17)11(9-10)13(19)18-15(14(20)21)7-3-1-2-4-8-15/h5-6,9H,1-4,7-8H2,(H,18,19)(H,20,21). The topological polar surface area (TPSA) is 66.4 Å². The third-order valence-electron chi connectivity index (χ3n) is 3.89. The molecule has 6 heteroatoms. The van der Waals surface area contributed by atoms with Crippen LogP contribution in [0.25, 0.3) is 0 Å². The SMILES string of the molecule is O=C(NC1(C(=O)O)CCCCCC1)c1cc(Br)ccc1Cl. The van der Waals surface area contributed by atoms with Gasteiger partial charge in [-0.05, 0) is 31.0 Å². The summed E-state index contributed by atoms with van der Waals surface area (Å²) in [5.41, 5.74) is -0.893. The molecule has 0 aliphatic heterocycles. The van der Waals surface area contributed by atoms with Crippen molar-refractivity contribution in [2.45, 2.75) is 44.1 Å². The van der Waals surface area contributed by atoms with Gasteiger partial charge in [0.1, 0.15) is 5.54 Å². The predicted molar refractivity (Wildman–Crippen MR) is 84.7 cm³/mol. The predicted octanol–water partition coefficient (Wildman–Crippen LogP) is 4.01. The van der Waals surface area contributed by atoms with Gasteiger partial charge in [0.2, 0.25) is 0 Å². The van der Waals surface area contributed by atoms with E-state index in [-0.39, 0.29) is 5.56 Å². The third-order valence-corrected chi connectivity index (χ3v) is 4.72. The summed E-state index contributed by atoms with van der Waals surface area (Å²) in [6, 6.07) is 4.95. The van der Waals surface area contributed by atoms with Crippen LogP contribution in [-0.2, 0) is 4.79 Å². The molecule has 1 aliphatic carbocycles. The van der Waals surface area contributed by atoms with Crippen molar-refractivity contribution in [1.29, 1.82) is 0 Å². The molecular formula is C15H17BrClNO3. The fraction of sp³-hybridized carbons (Fsp3) is 0.467. The normalized spacial score (nSPS) is 17.8. The molecule has 0 atom stereocenters. The van der Waals surface area contributed by atoms with Gasteiger partial charge in [0.25, 0.3) is 5.91 Å². The van der Waals surface area contributed by atoms with Gasteiger partial charge in [0.15, 0.2) is 0 Å². The van der Waals surface area contributed by atoms with E-state index in [1.807, 2.05) is 0 Å². The molecule has 1 aromatic rings. The molecule has 0 saturated heterocycles. The van der Waals surface area contributed by atoms with E-state index in [1.54, 1.807) is 18.2 Å². The molecule has 1 aromatic carbocycles. The van der Waals surface area contributed by atoms with Crippen LogP contribution in [0.2, 0.25) is 5.02 Å². The van der Waals surface area contributed by atoms with Crippen LogP contribution in [-0.4, -0.2) is 22.5 Å². The highest BCUT2D eigenvalue weighted by atomic mass is 79.9. The summed E-state index contributed by atoms with van der Waals surface area (Å²) in [4.78, 5) is 24.1. The number of carboxylic acid groups (broad SMARTS) is 1. The lowest BCUT2D eigenvalue weighted by atomic mass is 9.90. The number of halogens is 2. The Kier molecular flexibility index (Phi) is 5.27. The number of amides is 1. The average Bonchev–Trinajstić information content (AvgIpc) is 2.68. The van der Waals surface area contributed by atoms with Crippen LogP contribution in [0.3, 0.4) is 0 Å². The van der Waals surface area contributed by atoms with Gasteiger partial charge in [-0.15, -0.1) is 0 Å². The highest BCUT2D eigenvalue weighted by Crippen LogP contribution is 2.29. The number of nitrogens with one attached hydrogen (secondary N) is 1. The molecule has 114 valence electrons. The maximum absolute atomic E-state index is 12.4. The van der Waals surface area contributed by atoms with Crippen molar-refractivity contribution < 1.29 is 14.7 Å². The number of rotatable bonds is 3. The van der Waals surface area contributed by atoms with Crippen molar-refractivity contribution >= 4 is 39.4 Å². The summed E-state index contributed by atoms with van der Waals surface area (Å²) in [6.45, 7) is 0. The first-order valence-corrected chi connectivity index (χ1v) is 8.13. The molecule has 2 N–H and O–H groups in total. The zero-order chi connectivity index (χ0) is 15.5. The highest BCUT2D eigenvalue weighted by molar-refractivity contribution is 9.10. The monoisotopic (exact) mass is 373 g/mol. The van der Waals surface area contributed by atoms with Crippen molar-refractivity contribution in [3.63, 3.8) is 0 Å². The lowest BCUT2D eigenvalue weighted by Crippen LogP contribution is -2.54. The number of carbonyl (C=O) groups is 2. The summed E-state index contributed by atoms with van der Waals surface area (Å²) in [7, 11) is 0. The van der Waals surface area contributed by atoms with Gasteiger partial charge in [-0.1, -0.05) is 53.2 Å². The molecule has 4 nitrogen and oxygen atoms in total. The average molecular weight is 375 g/mol. The number of aliphatic carboxylic acids is 1. The third kappa shape index (κ3) is 3.77.